The van der Waals surface area contributed by atoms with Crippen LogP contribution in [0.2, 0.25) is 0 Å². The van der Waals surface area contributed by atoms with Crippen LogP contribution in [0, 0.1) is 0 Å². The highest BCUT2D eigenvalue weighted by molar-refractivity contribution is 7.57. The Morgan fingerprint density at radius 3 is 1.74 bits per heavy atom. The predicted octanol–water partition coefficient (Wildman–Crippen LogP) is -0.314. The first-order valence-corrected chi connectivity index (χ1v) is 14.9. The van der Waals surface area contributed by atoms with E-state index in [2.05, 4.69) is 20.3 Å². The van der Waals surface area contributed by atoms with Gasteiger partial charge in [0.25, 0.3) is 0 Å². The van der Waals surface area contributed by atoms with Crippen LogP contribution < -0.4 is 14.8 Å². The molecular weight excluding hydrogens is 523 g/mol. The molecule has 15 heteroatoms. The molecule has 0 spiro atoms. The number of rotatable bonds is 28. The number of aliphatic hydroxyl groups excluding tert-OH is 4. The van der Waals surface area contributed by atoms with Gasteiger partial charge in [-0.3, -0.25) is 0 Å². The molecule has 1 aromatic heterocycles. The van der Waals surface area contributed by atoms with E-state index in [1.165, 1.54) is 0 Å². The predicted molar refractivity (Wildman–Crippen MR) is 141 cm³/mol. The van der Waals surface area contributed by atoms with Crippen molar-refractivity contribution < 1.29 is 48.8 Å². The van der Waals surface area contributed by atoms with Gasteiger partial charge in [0.15, 0.2) is 0 Å². The van der Waals surface area contributed by atoms with Crippen molar-refractivity contribution in [2.45, 2.75) is 19.3 Å². The number of hydrogen-bond acceptors (Lipinski definition) is 14. The molecule has 0 radical (unpaired) electrons. The van der Waals surface area contributed by atoms with Crippen molar-refractivity contribution in [3.8, 4) is 12.0 Å². The van der Waals surface area contributed by atoms with Gasteiger partial charge in [0.05, 0.1) is 59.5 Å². The summed E-state index contributed by atoms with van der Waals surface area (Å²) in [6.07, 6.45) is 5.30. The van der Waals surface area contributed by atoms with Crippen LogP contribution in [0.5, 0.6) is 12.0 Å². The lowest BCUT2D eigenvalue weighted by atomic mass is 10.5. The Labute approximate surface area is 225 Å². The number of nitrogens with zero attached hydrogens (tertiary/aromatic N) is 3. The van der Waals surface area contributed by atoms with Gasteiger partial charge < -0.3 is 54.2 Å². The highest BCUT2D eigenvalue weighted by Gasteiger charge is 2.11. The van der Waals surface area contributed by atoms with Crippen LogP contribution in [0.1, 0.15) is 19.3 Å². The molecule has 0 aliphatic carbocycles. The second kappa shape index (κ2) is 25.8. The summed E-state index contributed by atoms with van der Waals surface area (Å²) in [5, 5.41) is 38.6. The zero-order valence-corrected chi connectivity index (χ0v) is 23.1. The minimum absolute atomic E-state index is 0.0189. The van der Waals surface area contributed by atoms with Gasteiger partial charge in [-0.2, -0.15) is 9.97 Å². The van der Waals surface area contributed by atoms with Crippen molar-refractivity contribution in [3.05, 3.63) is 0 Å². The molecule has 14 nitrogen and oxygen atoms in total. The Bertz CT molecular complexity index is 661. The number of aliphatic hydroxyl groups is 4. The zero-order valence-electron chi connectivity index (χ0n) is 22.2. The fourth-order valence-electron chi connectivity index (χ4n) is 3.02. The van der Waals surface area contributed by atoms with Crippen molar-refractivity contribution in [1.29, 1.82) is 0 Å². The van der Waals surface area contributed by atoms with Crippen molar-refractivity contribution >= 4 is 13.9 Å². The van der Waals surface area contributed by atoms with Crippen molar-refractivity contribution in [3.63, 3.8) is 0 Å². The number of hydrogen-bond donors (Lipinski definition) is 5. The van der Waals surface area contributed by atoms with Crippen LogP contribution in [0.15, 0.2) is 0 Å². The van der Waals surface area contributed by atoms with Crippen LogP contribution in [0.25, 0.3) is 0 Å². The molecule has 1 rings (SSSR count). The number of anilines is 1. The van der Waals surface area contributed by atoms with Crippen LogP contribution in [0.3, 0.4) is 0 Å². The summed E-state index contributed by atoms with van der Waals surface area (Å²) in [4.78, 5) is 12.8. The quantitative estimate of drug-likeness (QED) is 0.0503. The van der Waals surface area contributed by atoms with E-state index < -0.39 is 0 Å². The summed E-state index contributed by atoms with van der Waals surface area (Å²) in [6, 6.07) is 0.238. The summed E-state index contributed by atoms with van der Waals surface area (Å²) in [5.41, 5.74) is 0. The standard InChI is InChI=1S/C23H45N4O10P/c28-5-1-17-38(18-2-6-29)19-3-8-36-22-25-21(24-4-9-32-11-12-33-10-7-30)26-23(27-22)37-16-15-34-13-14-35-20-31/h28-31H,1-20H2,(H,24,25,26,27). The van der Waals surface area contributed by atoms with Crippen LogP contribution in [-0.2, 0) is 18.9 Å². The minimum Gasteiger partial charge on any atom is -0.463 e. The molecule has 0 aromatic carbocycles. The molecule has 5 N–H and O–H groups in total. The Hall–Kier alpha value is -1.48. The van der Waals surface area contributed by atoms with E-state index in [4.69, 9.17) is 48.8 Å². The van der Waals surface area contributed by atoms with E-state index >= 15 is 0 Å². The molecule has 38 heavy (non-hydrogen) atoms. The molecular formula is C23H45N4O10P. The first-order valence-electron chi connectivity index (χ1n) is 13.0. The Morgan fingerprint density at radius 1 is 0.553 bits per heavy atom. The highest BCUT2D eigenvalue weighted by atomic mass is 31.1. The normalized spacial score (nSPS) is 11.3. The van der Waals surface area contributed by atoms with E-state index in [1.54, 1.807) is 0 Å². The Balaban J connectivity index is 2.54. The lowest BCUT2D eigenvalue weighted by molar-refractivity contribution is -0.0320. The van der Waals surface area contributed by atoms with Gasteiger partial charge in [0.1, 0.15) is 13.4 Å². The van der Waals surface area contributed by atoms with Gasteiger partial charge in [0.2, 0.25) is 5.95 Å². The zero-order chi connectivity index (χ0) is 27.5. The number of aromatic nitrogens is 3. The second-order valence-corrected chi connectivity index (χ2v) is 10.5. The maximum atomic E-state index is 9.13. The summed E-state index contributed by atoms with van der Waals surface area (Å²) >= 11 is 0. The maximum Gasteiger partial charge on any atom is 0.324 e. The van der Waals surface area contributed by atoms with Crippen LogP contribution in [-0.4, -0.2) is 146 Å². The SMILES string of the molecule is OCCCP(CCCO)CCCOc1nc(NCCOCCOCCO)nc(OCCOCCOCO)n1. The third-order valence-electron chi connectivity index (χ3n) is 4.77. The second-order valence-electron chi connectivity index (χ2n) is 7.80. The summed E-state index contributed by atoms with van der Waals surface area (Å²) in [6.45, 7) is 3.46. The lowest BCUT2D eigenvalue weighted by Crippen LogP contribution is -2.16. The van der Waals surface area contributed by atoms with E-state index in [0.717, 1.165) is 37.7 Å². The van der Waals surface area contributed by atoms with Crippen LogP contribution >= 0.6 is 7.92 Å². The molecule has 0 bridgehead atoms. The fourth-order valence-corrected chi connectivity index (χ4v) is 5.44. The summed E-state index contributed by atoms with van der Waals surface area (Å²) < 4.78 is 32.1. The summed E-state index contributed by atoms with van der Waals surface area (Å²) in [7, 11) is -0.260. The largest absolute Gasteiger partial charge is 0.463 e. The van der Waals surface area contributed by atoms with Gasteiger partial charge in [-0.05, 0) is 37.7 Å². The molecule has 0 atom stereocenters. The topological polar surface area (TPSA) is 187 Å². The van der Waals surface area contributed by atoms with Crippen molar-refractivity contribution in [2.24, 2.45) is 0 Å². The molecule has 0 unspecified atom stereocenters. The monoisotopic (exact) mass is 568 g/mol. The van der Waals surface area contributed by atoms with Gasteiger partial charge >= 0.3 is 12.0 Å². The fraction of sp³-hybridized carbons (Fsp3) is 0.870. The van der Waals surface area contributed by atoms with Crippen LogP contribution in [0.4, 0.5) is 5.95 Å². The van der Waals surface area contributed by atoms with E-state index in [-0.39, 0.29) is 78.9 Å². The highest BCUT2D eigenvalue weighted by Crippen LogP contribution is 2.37. The van der Waals surface area contributed by atoms with Gasteiger partial charge in [-0.25, -0.2) is 0 Å². The average Bonchev–Trinajstić information content (AvgIpc) is 2.93. The van der Waals surface area contributed by atoms with Gasteiger partial charge in [0, 0.05) is 19.8 Å². The van der Waals surface area contributed by atoms with E-state index in [1.807, 2.05) is 0 Å². The summed E-state index contributed by atoms with van der Waals surface area (Å²) in [5.74, 6) is 0.288. The molecule has 0 aliphatic heterocycles. The third kappa shape index (κ3) is 19.6. The smallest absolute Gasteiger partial charge is 0.324 e. The van der Waals surface area contributed by atoms with Gasteiger partial charge in [-0.1, -0.05) is 0 Å². The molecule has 0 saturated carbocycles. The number of nitrogens with one attached hydrogen (secondary N) is 1. The maximum absolute atomic E-state index is 9.13. The minimum atomic E-state index is -0.348. The Morgan fingerprint density at radius 2 is 1.11 bits per heavy atom. The van der Waals surface area contributed by atoms with Crippen molar-refractivity contribution in [2.75, 3.05) is 116 Å². The molecule has 1 aromatic rings. The molecule has 1 heterocycles. The third-order valence-corrected chi connectivity index (χ3v) is 7.61. The molecule has 222 valence electrons. The van der Waals surface area contributed by atoms with E-state index in [9.17, 15) is 0 Å². The lowest BCUT2D eigenvalue weighted by Gasteiger charge is -2.17. The van der Waals surface area contributed by atoms with E-state index in [0.29, 0.717) is 39.6 Å². The molecule has 0 fully saturated rings. The molecule has 0 aliphatic rings. The molecule has 0 amide bonds. The first kappa shape index (κ1) is 34.5. The Kier molecular flexibility index (Phi) is 23.4. The van der Waals surface area contributed by atoms with Crippen molar-refractivity contribution in [1.82, 2.24) is 15.0 Å². The number of ether oxygens (including phenoxy) is 6. The first-order chi connectivity index (χ1) is 18.7. The van der Waals surface area contributed by atoms with Gasteiger partial charge in [-0.15, -0.1) is 12.9 Å². The average molecular weight is 569 g/mol. The molecule has 0 saturated heterocycles.